The Labute approximate surface area is 196 Å². The molecule has 34 heavy (non-hydrogen) atoms. The predicted octanol–water partition coefficient (Wildman–Crippen LogP) is 5.21. The quantitative estimate of drug-likeness (QED) is 0.539. The highest BCUT2D eigenvalue weighted by atomic mass is 19.3. The maximum atomic E-state index is 13.7. The molecule has 9 heteroatoms. The number of aromatic nitrogens is 3. The lowest BCUT2D eigenvalue weighted by molar-refractivity contribution is 0.0129. The van der Waals surface area contributed by atoms with Crippen molar-refractivity contribution >= 4 is 23.3 Å². The number of benzene rings is 1. The first-order valence-electron chi connectivity index (χ1n) is 11.3. The van der Waals surface area contributed by atoms with Crippen molar-refractivity contribution in [2.75, 3.05) is 24.2 Å². The molecule has 2 N–H and O–H groups in total. The summed E-state index contributed by atoms with van der Waals surface area (Å²) < 4.78 is 27.4. The molecule has 7 nitrogen and oxygen atoms in total. The highest BCUT2D eigenvalue weighted by molar-refractivity contribution is 5.65. The minimum Gasteiger partial charge on any atom is -0.324 e. The van der Waals surface area contributed by atoms with Gasteiger partial charge in [0, 0.05) is 25.7 Å². The lowest BCUT2D eigenvalue weighted by Crippen LogP contribution is -2.33. The summed E-state index contributed by atoms with van der Waals surface area (Å²) in [7, 11) is 2.15. The Morgan fingerprint density at radius 1 is 1.18 bits per heavy atom. The largest absolute Gasteiger partial charge is 0.324 e. The van der Waals surface area contributed by atoms with Gasteiger partial charge in [0.25, 0.3) is 5.92 Å². The van der Waals surface area contributed by atoms with Crippen LogP contribution in [0.2, 0.25) is 0 Å². The summed E-state index contributed by atoms with van der Waals surface area (Å²) in [6, 6.07) is 10.6. The van der Waals surface area contributed by atoms with Gasteiger partial charge in [-0.1, -0.05) is 6.07 Å². The Morgan fingerprint density at radius 3 is 2.79 bits per heavy atom. The minimum absolute atomic E-state index is 0.174. The SMILES string of the molecule is CN1Cc2cc(Nc3ncc(C#N)c(Nc4cccc(C(C)(F)F)n4)n3)cc3c2C(CCC3)C1. The van der Waals surface area contributed by atoms with Crippen LogP contribution in [0, 0.1) is 11.3 Å². The van der Waals surface area contributed by atoms with Crippen LogP contribution in [0.5, 0.6) is 0 Å². The third kappa shape index (κ3) is 4.41. The monoisotopic (exact) mass is 461 g/mol. The number of halogens is 2. The molecule has 0 fully saturated rings. The average Bonchev–Trinajstić information content (AvgIpc) is 2.79. The van der Waals surface area contributed by atoms with Gasteiger partial charge in [-0.2, -0.15) is 19.0 Å². The summed E-state index contributed by atoms with van der Waals surface area (Å²) >= 11 is 0. The number of rotatable bonds is 5. The van der Waals surface area contributed by atoms with Crippen LogP contribution in [0.1, 0.15) is 53.6 Å². The number of aryl methyl sites for hydroxylation is 1. The molecule has 174 valence electrons. The number of likely N-dealkylation sites (N-methyl/N-ethyl adjacent to an activating group) is 1. The fourth-order valence-corrected chi connectivity index (χ4v) is 4.93. The topological polar surface area (TPSA) is 89.8 Å². The maximum Gasteiger partial charge on any atom is 0.287 e. The van der Waals surface area contributed by atoms with Gasteiger partial charge in [0.1, 0.15) is 23.1 Å². The fraction of sp³-hybridized carbons (Fsp3) is 0.360. The van der Waals surface area contributed by atoms with Crippen LogP contribution in [-0.2, 0) is 18.9 Å². The standard InChI is InChI=1S/C25H25F2N7/c1-25(26,27)20-7-4-8-21(31-20)32-23-18(11-28)12-29-24(33-23)30-19-9-15-5-3-6-16-13-34(2)14-17(10-19)22(15)16/h4,7-10,12,16H,3,5-6,13-14H2,1-2H3,(H2,29,30,31,32,33). The molecule has 1 aliphatic carbocycles. The molecule has 2 aromatic heterocycles. The summed E-state index contributed by atoms with van der Waals surface area (Å²) in [5.41, 5.74) is 4.91. The second kappa shape index (κ2) is 8.61. The molecule has 1 aliphatic heterocycles. The smallest absolute Gasteiger partial charge is 0.287 e. The first-order chi connectivity index (χ1) is 16.3. The Bertz CT molecular complexity index is 1280. The molecule has 1 atom stereocenters. The Kier molecular flexibility index (Phi) is 5.62. The predicted molar refractivity (Wildman–Crippen MR) is 126 cm³/mol. The van der Waals surface area contributed by atoms with Crippen molar-refractivity contribution in [1.82, 2.24) is 19.9 Å². The van der Waals surface area contributed by atoms with Crippen molar-refractivity contribution in [1.29, 1.82) is 5.26 Å². The van der Waals surface area contributed by atoms with Crippen LogP contribution in [0.3, 0.4) is 0 Å². The molecule has 3 heterocycles. The van der Waals surface area contributed by atoms with Crippen LogP contribution in [-0.4, -0.2) is 33.4 Å². The lowest BCUT2D eigenvalue weighted by atomic mass is 9.77. The van der Waals surface area contributed by atoms with Crippen molar-refractivity contribution in [2.45, 2.75) is 44.6 Å². The van der Waals surface area contributed by atoms with Gasteiger partial charge in [0.15, 0.2) is 5.82 Å². The zero-order valence-corrected chi connectivity index (χ0v) is 19.1. The molecule has 0 amide bonds. The molecule has 0 spiro atoms. The van der Waals surface area contributed by atoms with Crippen LogP contribution >= 0.6 is 0 Å². The van der Waals surface area contributed by atoms with Gasteiger partial charge in [-0.15, -0.1) is 0 Å². The van der Waals surface area contributed by atoms with E-state index in [2.05, 4.69) is 49.7 Å². The summed E-state index contributed by atoms with van der Waals surface area (Å²) in [6.45, 7) is 2.79. The maximum absolute atomic E-state index is 13.7. The number of hydrogen-bond acceptors (Lipinski definition) is 7. The number of pyridine rings is 1. The van der Waals surface area contributed by atoms with E-state index in [9.17, 15) is 14.0 Å². The second-order valence-electron chi connectivity index (χ2n) is 9.11. The van der Waals surface area contributed by atoms with Crippen molar-refractivity contribution < 1.29 is 8.78 Å². The number of anilines is 4. The molecule has 0 bridgehead atoms. The molecular formula is C25H25F2N7. The van der Waals surface area contributed by atoms with Crippen molar-refractivity contribution in [3.05, 3.63) is 64.5 Å². The molecule has 3 aromatic rings. The van der Waals surface area contributed by atoms with Gasteiger partial charge in [-0.05, 0) is 73.2 Å². The van der Waals surface area contributed by atoms with E-state index in [1.165, 1.54) is 47.9 Å². The van der Waals surface area contributed by atoms with Gasteiger partial charge < -0.3 is 15.5 Å². The van der Waals surface area contributed by atoms with E-state index in [1.807, 2.05) is 6.07 Å². The van der Waals surface area contributed by atoms with E-state index in [4.69, 9.17) is 0 Å². The number of alkyl halides is 2. The van der Waals surface area contributed by atoms with E-state index in [0.717, 1.165) is 32.1 Å². The summed E-state index contributed by atoms with van der Waals surface area (Å²) in [5, 5.41) is 15.6. The van der Waals surface area contributed by atoms with Gasteiger partial charge >= 0.3 is 0 Å². The van der Waals surface area contributed by atoms with Gasteiger partial charge in [-0.3, -0.25) is 0 Å². The van der Waals surface area contributed by atoms with E-state index < -0.39 is 5.92 Å². The van der Waals surface area contributed by atoms with Crippen LogP contribution < -0.4 is 10.6 Å². The van der Waals surface area contributed by atoms with Gasteiger partial charge in [0.2, 0.25) is 5.95 Å². The van der Waals surface area contributed by atoms with E-state index in [0.29, 0.717) is 11.9 Å². The summed E-state index contributed by atoms with van der Waals surface area (Å²) in [4.78, 5) is 15.0. The molecule has 0 saturated heterocycles. The second-order valence-corrected chi connectivity index (χ2v) is 9.11. The lowest BCUT2D eigenvalue weighted by Gasteiger charge is -2.37. The summed E-state index contributed by atoms with van der Waals surface area (Å²) in [5.74, 6) is -1.81. The highest BCUT2D eigenvalue weighted by Crippen LogP contribution is 2.40. The Morgan fingerprint density at radius 2 is 2.00 bits per heavy atom. The third-order valence-electron chi connectivity index (χ3n) is 6.34. The third-order valence-corrected chi connectivity index (χ3v) is 6.34. The number of nitrogens with zero attached hydrogens (tertiary/aromatic N) is 5. The van der Waals surface area contributed by atoms with Crippen molar-refractivity contribution in [3.63, 3.8) is 0 Å². The van der Waals surface area contributed by atoms with Gasteiger partial charge in [0.05, 0.1) is 6.20 Å². The number of hydrogen-bond donors (Lipinski definition) is 2. The van der Waals surface area contributed by atoms with Crippen LogP contribution in [0.15, 0.2) is 36.5 Å². The first kappa shape index (κ1) is 22.2. The Balaban J connectivity index is 1.44. The van der Waals surface area contributed by atoms with E-state index >= 15 is 0 Å². The molecule has 2 aliphatic rings. The molecule has 5 rings (SSSR count). The van der Waals surface area contributed by atoms with E-state index in [-0.39, 0.29) is 22.9 Å². The summed E-state index contributed by atoms with van der Waals surface area (Å²) in [6.07, 6.45) is 4.87. The normalized spacial score (nSPS) is 17.6. The first-order valence-corrected chi connectivity index (χ1v) is 11.3. The molecule has 0 saturated carbocycles. The molecule has 1 unspecified atom stereocenters. The minimum atomic E-state index is -3.08. The molecule has 1 aromatic carbocycles. The van der Waals surface area contributed by atoms with Crippen LogP contribution in [0.4, 0.5) is 32.1 Å². The van der Waals surface area contributed by atoms with Crippen molar-refractivity contribution in [3.8, 4) is 6.07 Å². The van der Waals surface area contributed by atoms with E-state index in [1.54, 1.807) is 6.07 Å². The average molecular weight is 462 g/mol. The van der Waals surface area contributed by atoms with Crippen LogP contribution in [0.25, 0.3) is 0 Å². The zero-order chi connectivity index (χ0) is 23.9. The van der Waals surface area contributed by atoms with Gasteiger partial charge in [-0.25, -0.2) is 9.97 Å². The van der Waals surface area contributed by atoms with Crippen molar-refractivity contribution in [2.24, 2.45) is 0 Å². The Hall–Kier alpha value is -3.64. The number of nitrogens with one attached hydrogen (secondary N) is 2. The molecular weight excluding hydrogens is 436 g/mol. The fourth-order valence-electron chi connectivity index (χ4n) is 4.93. The number of nitriles is 1. The molecule has 0 radical (unpaired) electrons. The highest BCUT2D eigenvalue weighted by Gasteiger charge is 2.29. The zero-order valence-electron chi connectivity index (χ0n) is 19.1.